The highest BCUT2D eigenvalue weighted by Gasteiger charge is 2.51. The SMILES string of the molecule is C[C@@H]1CN(CCOc2ccc(N3C(=S)N(c4cnc(C#N)c(C(F)(F)F)c4)C(=O)C3(C)C)cc2CCF)CCN1CC(=O)Cc1cc(Cl)cc(CC2CCC(=O)NC2=O)c1. The summed E-state index contributed by atoms with van der Waals surface area (Å²) in [6.45, 7) is 7.64. The van der Waals surface area contributed by atoms with E-state index >= 15 is 0 Å². The highest BCUT2D eigenvalue weighted by Crippen LogP contribution is 2.40. The van der Waals surface area contributed by atoms with Gasteiger partial charge in [-0.05, 0) is 98.9 Å². The second kappa shape index (κ2) is 18.3. The van der Waals surface area contributed by atoms with Crippen molar-refractivity contribution in [2.24, 2.45) is 5.92 Å². The van der Waals surface area contributed by atoms with Crippen LogP contribution in [0.1, 0.15) is 61.6 Å². The minimum absolute atomic E-state index is 0.00355. The summed E-state index contributed by atoms with van der Waals surface area (Å²) in [5.41, 5.74) is -1.18. The van der Waals surface area contributed by atoms with Crippen LogP contribution in [-0.4, -0.2) is 101 Å². The number of rotatable bonds is 14. The molecule has 12 nitrogen and oxygen atoms in total. The number of carbonyl (C=O) groups excluding carboxylic acids is 4. The Morgan fingerprint density at radius 2 is 1.85 bits per heavy atom. The molecular formula is C42H44ClF4N7O5S. The van der Waals surface area contributed by atoms with Gasteiger partial charge < -0.3 is 9.64 Å². The number of Topliss-reactive ketones (excluding diaryl/α,β-unsaturated/α-hetero) is 1. The van der Waals surface area contributed by atoms with Crippen molar-refractivity contribution in [1.29, 1.82) is 5.26 Å². The highest BCUT2D eigenvalue weighted by atomic mass is 35.5. The van der Waals surface area contributed by atoms with Gasteiger partial charge in [0, 0.05) is 68.1 Å². The van der Waals surface area contributed by atoms with Crippen molar-refractivity contribution in [2.75, 3.05) is 55.8 Å². The van der Waals surface area contributed by atoms with Crippen LogP contribution < -0.4 is 19.9 Å². The Hall–Kier alpha value is -5.02. The lowest BCUT2D eigenvalue weighted by molar-refractivity contribution is -0.138. The molecule has 1 N–H and O–H groups in total. The predicted octanol–water partition coefficient (Wildman–Crippen LogP) is 5.85. The van der Waals surface area contributed by atoms with Crippen LogP contribution in [0.2, 0.25) is 5.02 Å². The number of nitrogens with one attached hydrogen (secondary N) is 1. The predicted molar refractivity (Wildman–Crippen MR) is 219 cm³/mol. The zero-order valence-corrected chi connectivity index (χ0v) is 34.9. The van der Waals surface area contributed by atoms with E-state index in [9.17, 15) is 42.0 Å². The summed E-state index contributed by atoms with van der Waals surface area (Å²) in [6.07, 6.45) is -2.52. The number of thiocarbonyl (C=S) groups is 1. The zero-order chi connectivity index (χ0) is 43.5. The maximum atomic E-state index is 13.8. The minimum Gasteiger partial charge on any atom is -0.492 e. The summed E-state index contributed by atoms with van der Waals surface area (Å²) in [5.74, 6) is -1.03. The number of ether oxygens (including phenoxy) is 1. The van der Waals surface area contributed by atoms with E-state index in [1.165, 1.54) is 11.0 Å². The molecule has 0 saturated carbocycles. The number of hydrogen-bond acceptors (Lipinski definition) is 10. The molecule has 0 radical (unpaired) electrons. The number of benzene rings is 2. The second-order valence-corrected chi connectivity index (χ2v) is 16.6. The first kappa shape index (κ1) is 44.5. The molecule has 1 aromatic heterocycles. The van der Waals surface area contributed by atoms with Gasteiger partial charge in [0.2, 0.25) is 11.8 Å². The van der Waals surface area contributed by atoms with Crippen molar-refractivity contribution >= 4 is 63.8 Å². The van der Waals surface area contributed by atoms with Crippen LogP contribution in [0, 0.1) is 17.2 Å². The Balaban J connectivity index is 1.03. The molecule has 0 aliphatic carbocycles. The maximum absolute atomic E-state index is 13.8. The molecule has 60 heavy (non-hydrogen) atoms. The van der Waals surface area contributed by atoms with E-state index in [-0.39, 0.29) is 66.4 Å². The van der Waals surface area contributed by atoms with Gasteiger partial charge in [0.05, 0.1) is 30.7 Å². The summed E-state index contributed by atoms with van der Waals surface area (Å²) in [6, 6.07) is 12.6. The molecule has 3 aromatic rings. The van der Waals surface area contributed by atoms with Crippen molar-refractivity contribution in [2.45, 2.75) is 70.6 Å². The Morgan fingerprint density at radius 1 is 1.10 bits per heavy atom. The third kappa shape index (κ3) is 9.94. The Morgan fingerprint density at radius 3 is 2.53 bits per heavy atom. The molecular weight excluding hydrogens is 826 g/mol. The summed E-state index contributed by atoms with van der Waals surface area (Å²) < 4.78 is 61.2. The fourth-order valence-corrected chi connectivity index (χ4v) is 8.74. The second-order valence-electron chi connectivity index (χ2n) is 15.8. The smallest absolute Gasteiger partial charge is 0.419 e. The van der Waals surface area contributed by atoms with Crippen LogP contribution >= 0.6 is 23.8 Å². The molecule has 3 aliphatic rings. The van der Waals surface area contributed by atoms with Gasteiger partial charge in [0.25, 0.3) is 5.91 Å². The first-order valence-corrected chi connectivity index (χ1v) is 20.3. The van der Waals surface area contributed by atoms with Gasteiger partial charge in [-0.25, -0.2) is 4.98 Å². The standard InChI is InChI=1S/C42H44ClF4N7O5S/c1-25-23-51(10-11-52(25)24-33(55)18-27-14-26(16-30(43)17-27)15-29-4-7-37(56)50-38(29)57)12-13-59-36-6-5-31(19-28(36)8-9-44)54-40(60)53(39(58)41(54,2)3)32-20-34(42(45,46)47)35(21-48)49-22-32/h5-6,14,16-17,19-20,22,25,29H,4,7-13,15,18,23-24H2,1-3H3,(H,50,56,57)/t25-,29?/m1/s1. The van der Waals surface area contributed by atoms with Gasteiger partial charge in [-0.2, -0.15) is 18.4 Å². The summed E-state index contributed by atoms with van der Waals surface area (Å²) in [4.78, 5) is 61.1. The summed E-state index contributed by atoms with van der Waals surface area (Å²) in [5, 5.41) is 11.9. The normalized spacial score (nSPS) is 20.1. The van der Waals surface area contributed by atoms with Crippen molar-refractivity contribution in [1.82, 2.24) is 20.1 Å². The van der Waals surface area contributed by atoms with Crippen LogP contribution in [0.5, 0.6) is 5.75 Å². The van der Waals surface area contributed by atoms with E-state index in [4.69, 9.17) is 28.6 Å². The molecule has 4 heterocycles. The number of alkyl halides is 4. The van der Waals surface area contributed by atoms with E-state index in [1.807, 2.05) is 6.07 Å². The average molecular weight is 870 g/mol. The van der Waals surface area contributed by atoms with E-state index in [1.54, 1.807) is 44.2 Å². The van der Waals surface area contributed by atoms with E-state index < -0.39 is 35.6 Å². The molecule has 3 amide bonds. The number of imide groups is 1. The number of piperazine rings is 1. The van der Waals surface area contributed by atoms with Crippen LogP contribution in [0.15, 0.2) is 48.7 Å². The lowest BCUT2D eigenvalue weighted by Gasteiger charge is -2.39. The lowest BCUT2D eigenvalue weighted by Crippen LogP contribution is -2.53. The topological polar surface area (TPSA) is 139 Å². The Kier molecular flexibility index (Phi) is 13.6. The molecule has 18 heteroatoms. The number of ketones is 1. The average Bonchev–Trinajstić information content (AvgIpc) is 3.35. The molecule has 6 rings (SSSR count). The first-order chi connectivity index (χ1) is 28.4. The van der Waals surface area contributed by atoms with Gasteiger partial charge in [-0.1, -0.05) is 17.7 Å². The molecule has 0 spiro atoms. The molecule has 3 aliphatic heterocycles. The molecule has 3 fully saturated rings. The van der Waals surface area contributed by atoms with E-state index in [2.05, 4.69) is 27.0 Å². The number of hydrogen-bond donors (Lipinski definition) is 1. The number of carbonyl (C=O) groups is 4. The van der Waals surface area contributed by atoms with Gasteiger partial charge in [-0.15, -0.1) is 0 Å². The number of aromatic nitrogens is 1. The lowest BCUT2D eigenvalue weighted by atomic mass is 9.90. The fraction of sp³-hybridized carbons (Fsp3) is 0.452. The zero-order valence-electron chi connectivity index (χ0n) is 33.3. The van der Waals surface area contributed by atoms with Gasteiger partial charge >= 0.3 is 6.18 Å². The van der Waals surface area contributed by atoms with Gasteiger partial charge in [-0.3, -0.25) is 43.6 Å². The third-order valence-corrected chi connectivity index (χ3v) is 11.6. The molecule has 2 atom stereocenters. The van der Waals surface area contributed by atoms with E-state index in [0.717, 1.165) is 22.2 Å². The van der Waals surface area contributed by atoms with Crippen LogP contribution in [-0.2, 0) is 44.6 Å². The number of amides is 3. The number of piperidine rings is 1. The molecule has 2 aromatic carbocycles. The third-order valence-electron chi connectivity index (χ3n) is 11.0. The van der Waals surface area contributed by atoms with Gasteiger partial charge in [0.15, 0.2) is 16.6 Å². The van der Waals surface area contributed by atoms with Crippen LogP contribution in [0.25, 0.3) is 0 Å². The largest absolute Gasteiger partial charge is 0.492 e. The van der Waals surface area contributed by atoms with Crippen molar-refractivity contribution in [3.63, 3.8) is 0 Å². The number of pyridine rings is 1. The Labute approximate surface area is 355 Å². The van der Waals surface area contributed by atoms with E-state index in [0.29, 0.717) is 73.5 Å². The molecule has 318 valence electrons. The van der Waals surface area contributed by atoms with Gasteiger partial charge in [0.1, 0.15) is 24.0 Å². The van der Waals surface area contributed by atoms with Crippen molar-refractivity contribution in [3.05, 3.63) is 81.6 Å². The molecule has 0 bridgehead atoms. The number of anilines is 2. The fourth-order valence-electron chi connectivity index (χ4n) is 7.94. The minimum atomic E-state index is -4.90. The number of aryl methyl sites for hydroxylation is 1. The maximum Gasteiger partial charge on any atom is 0.419 e. The van der Waals surface area contributed by atoms with Crippen LogP contribution in [0.3, 0.4) is 0 Å². The Bertz CT molecular complexity index is 2230. The van der Waals surface area contributed by atoms with Crippen LogP contribution in [0.4, 0.5) is 28.9 Å². The summed E-state index contributed by atoms with van der Waals surface area (Å²) in [7, 11) is 0. The summed E-state index contributed by atoms with van der Waals surface area (Å²) >= 11 is 12.0. The number of halogens is 5. The number of nitrogens with zero attached hydrogens (tertiary/aromatic N) is 6. The first-order valence-electron chi connectivity index (χ1n) is 19.5. The highest BCUT2D eigenvalue weighted by molar-refractivity contribution is 7.81. The van der Waals surface area contributed by atoms with Crippen molar-refractivity contribution < 1.29 is 41.5 Å². The number of nitriles is 1. The molecule has 3 saturated heterocycles. The quantitative estimate of drug-likeness (QED) is 0.119. The monoisotopic (exact) mass is 869 g/mol. The molecule has 1 unspecified atom stereocenters. The van der Waals surface area contributed by atoms with Crippen molar-refractivity contribution in [3.8, 4) is 11.8 Å².